The molecule has 1 aromatic carbocycles. The largest absolute Gasteiger partial charge is 0.495 e. The molecule has 0 radical (unpaired) electrons. The molecule has 0 bridgehead atoms. The third kappa shape index (κ3) is 3.90. The highest BCUT2D eigenvalue weighted by Crippen LogP contribution is 2.25. The second kappa shape index (κ2) is 7.15. The second-order valence-electron chi connectivity index (χ2n) is 5.61. The van der Waals surface area contributed by atoms with Gasteiger partial charge in [0.25, 0.3) is 0 Å². The van der Waals surface area contributed by atoms with Crippen LogP contribution < -0.4 is 15.8 Å². The van der Waals surface area contributed by atoms with E-state index in [9.17, 15) is 9.59 Å². The highest BCUT2D eigenvalue weighted by Gasteiger charge is 2.25. The molecular formula is C16H23N3O3. The lowest BCUT2D eigenvalue weighted by atomic mass is 9.96. The Morgan fingerprint density at radius 3 is 2.64 bits per heavy atom. The number of aryl methyl sites for hydroxylation is 1. The van der Waals surface area contributed by atoms with Gasteiger partial charge in [-0.25, -0.2) is 0 Å². The summed E-state index contributed by atoms with van der Waals surface area (Å²) >= 11 is 0. The molecular weight excluding hydrogens is 282 g/mol. The maximum Gasteiger partial charge on any atom is 0.241 e. The summed E-state index contributed by atoms with van der Waals surface area (Å²) in [5, 5.41) is 3.13. The topological polar surface area (TPSA) is 84.7 Å². The van der Waals surface area contributed by atoms with Gasteiger partial charge in [-0.1, -0.05) is 6.07 Å². The highest BCUT2D eigenvalue weighted by molar-refractivity contribution is 5.82. The Morgan fingerprint density at radius 1 is 1.36 bits per heavy atom. The number of piperidine rings is 1. The summed E-state index contributed by atoms with van der Waals surface area (Å²) in [6, 6.07) is 5.78. The van der Waals surface area contributed by atoms with Crippen molar-refractivity contribution in [2.24, 2.45) is 11.7 Å². The van der Waals surface area contributed by atoms with E-state index in [-0.39, 0.29) is 24.3 Å². The fourth-order valence-electron chi connectivity index (χ4n) is 2.66. The molecule has 22 heavy (non-hydrogen) atoms. The van der Waals surface area contributed by atoms with Crippen molar-refractivity contribution in [3.05, 3.63) is 23.8 Å². The van der Waals surface area contributed by atoms with Crippen LogP contribution in [0.25, 0.3) is 0 Å². The number of nitrogens with zero attached hydrogens (tertiary/aromatic N) is 1. The molecule has 1 aliphatic heterocycles. The number of benzene rings is 1. The predicted molar refractivity (Wildman–Crippen MR) is 84.7 cm³/mol. The van der Waals surface area contributed by atoms with Gasteiger partial charge in [-0.2, -0.15) is 0 Å². The number of methoxy groups -OCH3 is 1. The Hall–Kier alpha value is -2.24. The maximum atomic E-state index is 12.2. The molecule has 1 saturated heterocycles. The zero-order valence-corrected chi connectivity index (χ0v) is 13.1. The minimum Gasteiger partial charge on any atom is -0.495 e. The van der Waals surface area contributed by atoms with Gasteiger partial charge in [-0.3, -0.25) is 9.59 Å². The van der Waals surface area contributed by atoms with Crippen LogP contribution in [-0.4, -0.2) is 43.5 Å². The summed E-state index contributed by atoms with van der Waals surface area (Å²) in [5.74, 6) is 0.362. The number of hydrogen-bond donors (Lipinski definition) is 2. The lowest BCUT2D eigenvalue weighted by Gasteiger charge is -2.30. The van der Waals surface area contributed by atoms with Crippen molar-refractivity contribution >= 4 is 17.5 Å². The first-order valence-electron chi connectivity index (χ1n) is 7.47. The molecule has 2 rings (SSSR count). The van der Waals surface area contributed by atoms with Crippen LogP contribution in [0.15, 0.2) is 18.2 Å². The number of nitrogens with one attached hydrogen (secondary N) is 1. The molecule has 0 atom stereocenters. The molecule has 1 heterocycles. The fourth-order valence-corrected chi connectivity index (χ4v) is 2.66. The summed E-state index contributed by atoms with van der Waals surface area (Å²) in [4.78, 5) is 25.1. The third-order valence-corrected chi connectivity index (χ3v) is 4.04. The molecule has 1 aromatic rings. The summed E-state index contributed by atoms with van der Waals surface area (Å²) in [7, 11) is 1.60. The van der Waals surface area contributed by atoms with E-state index in [1.807, 2.05) is 25.1 Å². The number of ether oxygens (including phenoxy) is 1. The number of nitrogens with two attached hydrogens (primary N) is 1. The molecule has 0 aromatic heterocycles. The number of rotatable bonds is 5. The molecule has 0 saturated carbocycles. The van der Waals surface area contributed by atoms with E-state index in [0.29, 0.717) is 31.7 Å². The van der Waals surface area contributed by atoms with Gasteiger partial charge in [0.15, 0.2) is 0 Å². The fraction of sp³-hybridized carbons (Fsp3) is 0.500. The van der Waals surface area contributed by atoms with Crippen molar-refractivity contribution in [1.29, 1.82) is 0 Å². The van der Waals surface area contributed by atoms with Gasteiger partial charge in [-0.15, -0.1) is 0 Å². The number of carbonyl (C=O) groups excluding carboxylic acids is 2. The molecule has 0 aliphatic carbocycles. The van der Waals surface area contributed by atoms with Crippen LogP contribution in [-0.2, 0) is 9.59 Å². The molecule has 2 amide bonds. The SMILES string of the molecule is COc1ccc(C)cc1NCC(=O)N1CCC(C(N)=O)CC1. The Labute approximate surface area is 130 Å². The minimum absolute atomic E-state index is 0.0199. The average Bonchev–Trinajstić information content (AvgIpc) is 2.52. The lowest BCUT2D eigenvalue weighted by molar-refractivity contribution is -0.133. The van der Waals surface area contributed by atoms with Gasteiger partial charge in [0.2, 0.25) is 11.8 Å². The summed E-state index contributed by atoms with van der Waals surface area (Å²) in [6.07, 6.45) is 1.30. The molecule has 1 fully saturated rings. The van der Waals surface area contributed by atoms with Crippen LogP contribution in [0.1, 0.15) is 18.4 Å². The molecule has 3 N–H and O–H groups in total. The predicted octanol–water partition coefficient (Wildman–Crippen LogP) is 1.14. The van der Waals surface area contributed by atoms with Crippen molar-refractivity contribution in [2.75, 3.05) is 32.1 Å². The quantitative estimate of drug-likeness (QED) is 0.854. The first-order chi connectivity index (χ1) is 10.5. The van der Waals surface area contributed by atoms with E-state index in [4.69, 9.17) is 10.5 Å². The summed E-state index contributed by atoms with van der Waals surface area (Å²) in [6.45, 7) is 3.36. The van der Waals surface area contributed by atoms with Gasteiger partial charge in [0.1, 0.15) is 5.75 Å². The highest BCUT2D eigenvalue weighted by atomic mass is 16.5. The Morgan fingerprint density at radius 2 is 2.05 bits per heavy atom. The summed E-state index contributed by atoms with van der Waals surface area (Å²) < 4.78 is 5.28. The van der Waals surface area contributed by atoms with Crippen molar-refractivity contribution in [3.8, 4) is 5.75 Å². The normalized spacial score (nSPS) is 15.5. The molecule has 6 nitrogen and oxygen atoms in total. The first-order valence-corrected chi connectivity index (χ1v) is 7.47. The van der Waals surface area contributed by atoms with E-state index in [1.165, 1.54) is 0 Å². The van der Waals surface area contributed by atoms with Gasteiger partial charge in [0, 0.05) is 19.0 Å². The van der Waals surface area contributed by atoms with Gasteiger partial charge >= 0.3 is 0 Å². The molecule has 0 spiro atoms. The van der Waals surface area contributed by atoms with E-state index in [2.05, 4.69) is 5.32 Å². The molecule has 120 valence electrons. The van der Waals surface area contributed by atoms with Crippen LogP contribution in [0.2, 0.25) is 0 Å². The average molecular weight is 305 g/mol. The van der Waals surface area contributed by atoms with Crippen LogP contribution in [0.5, 0.6) is 5.75 Å². The first kappa shape index (κ1) is 16.1. The van der Waals surface area contributed by atoms with Crippen LogP contribution >= 0.6 is 0 Å². The third-order valence-electron chi connectivity index (χ3n) is 4.04. The Kier molecular flexibility index (Phi) is 5.25. The smallest absolute Gasteiger partial charge is 0.241 e. The number of carbonyl (C=O) groups is 2. The van der Waals surface area contributed by atoms with Crippen LogP contribution in [0.3, 0.4) is 0 Å². The van der Waals surface area contributed by atoms with Crippen molar-refractivity contribution in [1.82, 2.24) is 4.90 Å². The van der Waals surface area contributed by atoms with Crippen LogP contribution in [0, 0.1) is 12.8 Å². The lowest BCUT2D eigenvalue weighted by Crippen LogP contribution is -2.43. The van der Waals surface area contributed by atoms with E-state index < -0.39 is 0 Å². The Bertz CT molecular complexity index is 552. The number of amides is 2. The minimum atomic E-state index is -0.269. The summed E-state index contributed by atoms with van der Waals surface area (Å²) in [5.41, 5.74) is 7.20. The maximum absolute atomic E-state index is 12.2. The number of primary amides is 1. The second-order valence-corrected chi connectivity index (χ2v) is 5.61. The number of hydrogen-bond acceptors (Lipinski definition) is 4. The standard InChI is InChI=1S/C16H23N3O3/c1-11-3-4-14(22-2)13(9-11)18-10-15(20)19-7-5-12(6-8-19)16(17)21/h3-4,9,12,18H,5-8,10H2,1-2H3,(H2,17,21). The van der Waals surface area contributed by atoms with Gasteiger partial charge in [0.05, 0.1) is 19.3 Å². The van der Waals surface area contributed by atoms with Gasteiger partial charge < -0.3 is 20.7 Å². The van der Waals surface area contributed by atoms with Gasteiger partial charge in [-0.05, 0) is 37.5 Å². The van der Waals surface area contributed by atoms with Crippen molar-refractivity contribution in [3.63, 3.8) is 0 Å². The monoisotopic (exact) mass is 305 g/mol. The number of likely N-dealkylation sites (tertiary alicyclic amines) is 1. The number of anilines is 1. The zero-order valence-electron chi connectivity index (χ0n) is 13.1. The molecule has 0 unspecified atom stereocenters. The molecule has 6 heteroatoms. The zero-order chi connectivity index (χ0) is 16.1. The van der Waals surface area contributed by atoms with E-state index in [0.717, 1.165) is 11.3 Å². The van der Waals surface area contributed by atoms with Crippen molar-refractivity contribution in [2.45, 2.75) is 19.8 Å². The Balaban J connectivity index is 1.88. The van der Waals surface area contributed by atoms with Crippen molar-refractivity contribution < 1.29 is 14.3 Å². The van der Waals surface area contributed by atoms with E-state index in [1.54, 1.807) is 12.0 Å². The van der Waals surface area contributed by atoms with Crippen LogP contribution in [0.4, 0.5) is 5.69 Å². The van der Waals surface area contributed by atoms with E-state index >= 15 is 0 Å². The molecule has 1 aliphatic rings.